The molecule has 1 saturated carbocycles. The molecule has 0 amide bonds. The Labute approximate surface area is 119 Å². The molecule has 19 heavy (non-hydrogen) atoms. The standard InChI is InChI=1S/C15H24N2OS/c1-3-10-5-7-11(8-6-10)17-14-9-12(16)15(19-14)13(18)4-2/h9-11,17H,3-8,16H2,1-2H3. The van der Waals surface area contributed by atoms with Gasteiger partial charge in [0.15, 0.2) is 5.78 Å². The molecule has 0 aromatic carbocycles. The van der Waals surface area contributed by atoms with Gasteiger partial charge in [-0.05, 0) is 37.7 Å². The summed E-state index contributed by atoms with van der Waals surface area (Å²) in [5.41, 5.74) is 6.54. The third-order valence-electron chi connectivity index (χ3n) is 4.11. The Kier molecular flexibility index (Phi) is 4.86. The largest absolute Gasteiger partial charge is 0.397 e. The molecule has 1 aromatic heterocycles. The van der Waals surface area contributed by atoms with Crippen molar-refractivity contribution in [2.45, 2.75) is 58.4 Å². The van der Waals surface area contributed by atoms with Crippen LogP contribution in [0.5, 0.6) is 0 Å². The third kappa shape index (κ3) is 3.50. The smallest absolute Gasteiger partial charge is 0.174 e. The van der Waals surface area contributed by atoms with E-state index in [0.29, 0.717) is 23.0 Å². The molecule has 1 fully saturated rings. The first-order chi connectivity index (χ1) is 9.13. The van der Waals surface area contributed by atoms with Gasteiger partial charge < -0.3 is 11.1 Å². The van der Waals surface area contributed by atoms with Crippen molar-refractivity contribution in [1.82, 2.24) is 0 Å². The molecule has 0 spiro atoms. The summed E-state index contributed by atoms with van der Waals surface area (Å²) in [5, 5.41) is 4.60. The highest BCUT2D eigenvalue weighted by atomic mass is 32.1. The summed E-state index contributed by atoms with van der Waals surface area (Å²) in [5.74, 6) is 1.05. The Hall–Kier alpha value is -1.03. The minimum Gasteiger partial charge on any atom is -0.397 e. The number of nitrogen functional groups attached to an aromatic ring is 1. The number of hydrogen-bond acceptors (Lipinski definition) is 4. The first-order valence-electron chi connectivity index (χ1n) is 7.33. The van der Waals surface area contributed by atoms with Gasteiger partial charge in [0, 0.05) is 12.5 Å². The second kappa shape index (κ2) is 6.42. The van der Waals surface area contributed by atoms with Gasteiger partial charge in [-0.2, -0.15) is 0 Å². The Morgan fingerprint density at radius 3 is 2.63 bits per heavy atom. The highest BCUT2D eigenvalue weighted by molar-refractivity contribution is 7.18. The van der Waals surface area contributed by atoms with E-state index in [1.165, 1.54) is 43.4 Å². The molecule has 0 atom stereocenters. The van der Waals surface area contributed by atoms with Crippen LogP contribution >= 0.6 is 11.3 Å². The third-order valence-corrected chi connectivity index (χ3v) is 5.23. The zero-order valence-electron chi connectivity index (χ0n) is 11.9. The van der Waals surface area contributed by atoms with Crippen molar-refractivity contribution >= 4 is 27.8 Å². The molecule has 0 saturated heterocycles. The van der Waals surface area contributed by atoms with Gasteiger partial charge in [-0.3, -0.25) is 4.79 Å². The first kappa shape index (κ1) is 14.4. The van der Waals surface area contributed by atoms with Crippen LogP contribution in [0.4, 0.5) is 10.7 Å². The molecule has 3 N–H and O–H groups in total. The summed E-state index contributed by atoms with van der Waals surface area (Å²) >= 11 is 1.51. The Morgan fingerprint density at radius 1 is 1.37 bits per heavy atom. The molecule has 0 aliphatic heterocycles. The summed E-state index contributed by atoms with van der Waals surface area (Å²) in [6.45, 7) is 4.15. The summed E-state index contributed by atoms with van der Waals surface area (Å²) < 4.78 is 0. The Balaban J connectivity index is 1.95. The number of rotatable bonds is 5. The van der Waals surface area contributed by atoms with Gasteiger partial charge >= 0.3 is 0 Å². The molecule has 0 radical (unpaired) electrons. The van der Waals surface area contributed by atoms with Crippen molar-refractivity contribution < 1.29 is 4.79 Å². The topological polar surface area (TPSA) is 55.1 Å². The van der Waals surface area contributed by atoms with Crippen LogP contribution in [0.25, 0.3) is 0 Å². The van der Waals surface area contributed by atoms with Gasteiger partial charge in [-0.15, -0.1) is 11.3 Å². The number of carbonyl (C=O) groups excluding carboxylic acids is 1. The number of nitrogens with one attached hydrogen (secondary N) is 1. The van der Waals surface area contributed by atoms with Crippen molar-refractivity contribution in [3.8, 4) is 0 Å². The monoisotopic (exact) mass is 280 g/mol. The van der Waals surface area contributed by atoms with Crippen LogP contribution in [-0.2, 0) is 0 Å². The predicted octanol–water partition coefficient (Wildman–Crippen LogP) is 4.30. The molecular formula is C15H24N2OS. The van der Waals surface area contributed by atoms with Crippen molar-refractivity contribution in [3.05, 3.63) is 10.9 Å². The number of Topliss-reactive ketones (excluding diaryl/α,β-unsaturated/α-hetero) is 1. The van der Waals surface area contributed by atoms with Crippen LogP contribution in [0, 0.1) is 5.92 Å². The molecule has 0 bridgehead atoms. The maximum Gasteiger partial charge on any atom is 0.174 e. The maximum absolute atomic E-state index is 11.7. The van der Waals surface area contributed by atoms with Gasteiger partial charge in [0.05, 0.1) is 15.6 Å². The molecule has 1 aliphatic carbocycles. The van der Waals surface area contributed by atoms with Crippen LogP contribution in [0.15, 0.2) is 6.07 Å². The number of thiophene rings is 1. The van der Waals surface area contributed by atoms with Crippen LogP contribution in [0.3, 0.4) is 0 Å². The van der Waals surface area contributed by atoms with E-state index in [1.807, 2.05) is 13.0 Å². The summed E-state index contributed by atoms with van der Waals surface area (Å²) in [6.07, 6.45) is 6.91. The van der Waals surface area contributed by atoms with Gasteiger partial charge in [-0.1, -0.05) is 20.3 Å². The Bertz CT molecular complexity index is 433. The van der Waals surface area contributed by atoms with Gasteiger partial charge in [-0.25, -0.2) is 0 Å². The van der Waals surface area contributed by atoms with Crippen LogP contribution in [0.2, 0.25) is 0 Å². The highest BCUT2D eigenvalue weighted by Crippen LogP contribution is 2.34. The lowest BCUT2D eigenvalue weighted by Crippen LogP contribution is -2.25. The first-order valence-corrected chi connectivity index (χ1v) is 8.14. The van der Waals surface area contributed by atoms with Crippen molar-refractivity contribution in [2.75, 3.05) is 11.1 Å². The van der Waals surface area contributed by atoms with E-state index in [2.05, 4.69) is 12.2 Å². The molecule has 4 heteroatoms. The molecule has 106 valence electrons. The minimum atomic E-state index is 0.144. The van der Waals surface area contributed by atoms with Crippen molar-refractivity contribution in [3.63, 3.8) is 0 Å². The van der Waals surface area contributed by atoms with E-state index in [0.717, 1.165) is 10.9 Å². The quantitative estimate of drug-likeness (QED) is 0.790. The minimum absolute atomic E-state index is 0.144. The van der Waals surface area contributed by atoms with Crippen molar-refractivity contribution in [1.29, 1.82) is 0 Å². The number of anilines is 2. The summed E-state index contributed by atoms with van der Waals surface area (Å²) in [6, 6.07) is 2.46. The van der Waals surface area contributed by atoms with Gasteiger partial charge in [0.1, 0.15) is 0 Å². The van der Waals surface area contributed by atoms with Gasteiger partial charge in [0.25, 0.3) is 0 Å². The van der Waals surface area contributed by atoms with Crippen molar-refractivity contribution in [2.24, 2.45) is 5.92 Å². The molecule has 2 rings (SSSR count). The second-order valence-corrected chi connectivity index (χ2v) is 6.49. The average Bonchev–Trinajstić information content (AvgIpc) is 2.79. The maximum atomic E-state index is 11.7. The van der Waals surface area contributed by atoms with E-state index in [4.69, 9.17) is 5.73 Å². The van der Waals surface area contributed by atoms with E-state index in [1.54, 1.807) is 0 Å². The molecule has 1 aliphatic rings. The normalized spacial score (nSPS) is 23.3. The lowest BCUT2D eigenvalue weighted by Gasteiger charge is -2.28. The number of carbonyl (C=O) groups is 1. The highest BCUT2D eigenvalue weighted by Gasteiger charge is 2.21. The van der Waals surface area contributed by atoms with E-state index >= 15 is 0 Å². The average molecular weight is 280 g/mol. The molecular weight excluding hydrogens is 256 g/mol. The SMILES string of the molecule is CCC(=O)c1sc(NC2CCC(CC)CC2)cc1N. The van der Waals surface area contributed by atoms with Crippen LogP contribution < -0.4 is 11.1 Å². The molecule has 1 heterocycles. The van der Waals surface area contributed by atoms with E-state index in [-0.39, 0.29) is 5.78 Å². The van der Waals surface area contributed by atoms with Crippen LogP contribution in [0.1, 0.15) is 62.0 Å². The molecule has 0 unspecified atom stereocenters. The number of nitrogens with two attached hydrogens (primary N) is 1. The second-order valence-electron chi connectivity index (χ2n) is 5.44. The van der Waals surface area contributed by atoms with E-state index < -0.39 is 0 Å². The zero-order valence-corrected chi connectivity index (χ0v) is 12.7. The summed E-state index contributed by atoms with van der Waals surface area (Å²) in [7, 11) is 0. The lowest BCUT2D eigenvalue weighted by atomic mass is 9.84. The zero-order chi connectivity index (χ0) is 13.8. The molecule has 1 aromatic rings. The fraction of sp³-hybridized carbons (Fsp3) is 0.667. The Morgan fingerprint density at radius 2 is 2.05 bits per heavy atom. The number of hydrogen-bond donors (Lipinski definition) is 2. The van der Waals surface area contributed by atoms with Gasteiger partial charge in [0.2, 0.25) is 0 Å². The number of ketones is 1. The summed E-state index contributed by atoms with van der Waals surface area (Å²) in [4.78, 5) is 12.4. The fourth-order valence-electron chi connectivity index (χ4n) is 2.77. The van der Waals surface area contributed by atoms with E-state index in [9.17, 15) is 4.79 Å². The lowest BCUT2D eigenvalue weighted by molar-refractivity contribution is 0.0993. The molecule has 3 nitrogen and oxygen atoms in total. The van der Waals surface area contributed by atoms with Crippen LogP contribution in [-0.4, -0.2) is 11.8 Å². The fourth-order valence-corrected chi connectivity index (χ4v) is 3.84. The predicted molar refractivity (Wildman–Crippen MR) is 83.0 cm³/mol.